The standard InChI is InChI=1S/C9H7F4NO4/c10-6-3(14)1-2-4(18-9(11,12)13)5(6)7(15)8(16)17/h1-2,7,15H,14H2,(H,16,17). The molecule has 9 heteroatoms. The maximum atomic E-state index is 13.5. The van der Waals surface area contributed by atoms with E-state index in [1.54, 1.807) is 0 Å². The lowest BCUT2D eigenvalue weighted by atomic mass is 10.1. The van der Waals surface area contributed by atoms with E-state index < -0.39 is 41.3 Å². The number of nitrogens with two attached hydrogens (primary N) is 1. The smallest absolute Gasteiger partial charge is 0.479 e. The van der Waals surface area contributed by atoms with E-state index in [-0.39, 0.29) is 0 Å². The molecule has 5 nitrogen and oxygen atoms in total. The third-order valence-corrected chi connectivity index (χ3v) is 1.90. The molecular formula is C9H7F4NO4. The number of alkyl halides is 3. The number of rotatable bonds is 3. The minimum atomic E-state index is -5.16. The summed E-state index contributed by atoms with van der Waals surface area (Å²) >= 11 is 0. The molecule has 18 heavy (non-hydrogen) atoms. The predicted octanol–water partition coefficient (Wildman–Crippen LogP) is 1.42. The number of carbonyl (C=O) groups is 1. The number of aliphatic hydroxyl groups is 1. The van der Waals surface area contributed by atoms with E-state index in [0.717, 1.165) is 6.07 Å². The molecule has 1 atom stereocenters. The van der Waals surface area contributed by atoms with Gasteiger partial charge in [-0.15, -0.1) is 13.2 Å². The fraction of sp³-hybridized carbons (Fsp3) is 0.222. The zero-order valence-electron chi connectivity index (χ0n) is 8.53. The maximum absolute atomic E-state index is 13.5. The van der Waals surface area contributed by atoms with Crippen LogP contribution in [0.4, 0.5) is 23.2 Å². The van der Waals surface area contributed by atoms with Crippen LogP contribution in [0.1, 0.15) is 11.7 Å². The van der Waals surface area contributed by atoms with Gasteiger partial charge >= 0.3 is 12.3 Å². The molecule has 4 N–H and O–H groups in total. The summed E-state index contributed by atoms with van der Waals surface area (Å²) in [4.78, 5) is 10.5. The first-order valence-corrected chi connectivity index (χ1v) is 4.38. The minimum absolute atomic E-state index is 0.611. The number of hydrogen-bond acceptors (Lipinski definition) is 4. The second kappa shape index (κ2) is 4.69. The average molecular weight is 269 g/mol. The molecule has 1 rings (SSSR count). The number of halogens is 4. The number of carboxylic acids is 1. The van der Waals surface area contributed by atoms with E-state index in [1.165, 1.54) is 0 Å². The van der Waals surface area contributed by atoms with Gasteiger partial charge in [-0.25, -0.2) is 9.18 Å². The van der Waals surface area contributed by atoms with Crippen LogP contribution in [0.3, 0.4) is 0 Å². The first-order chi connectivity index (χ1) is 8.13. The van der Waals surface area contributed by atoms with E-state index in [9.17, 15) is 22.4 Å². The lowest BCUT2D eigenvalue weighted by molar-refractivity contribution is -0.275. The molecule has 0 fully saturated rings. The Morgan fingerprint density at radius 1 is 1.39 bits per heavy atom. The van der Waals surface area contributed by atoms with Gasteiger partial charge in [0.2, 0.25) is 0 Å². The Bertz CT molecular complexity index is 474. The van der Waals surface area contributed by atoms with Crippen molar-refractivity contribution in [2.45, 2.75) is 12.5 Å². The van der Waals surface area contributed by atoms with Gasteiger partial charge in [0.1, 0.15) is 5.75 Å². The van der Waals surface area contributed by atoms with Crippen molar-refractivity contribution >= 4 is 11.7 Å². The van der Waals surface area contributed by atoms with Crippen LogP contribution >= 0.6 is 0 Å². The molecule has 0 saturated carbocycles. The van der Waals surface area contributed by atoms with Gasteiger partial charge in [0, 0.05) is 0 Å². The highest BCUT2D eigenvalue weighted by Crippen LogP contribution is 2.34. The molecule has 0 heterocycles. The Morgan fingerprint density at radius 3 is 2.39 bits per heavy atom. The summed E-state index contributed by atoms with van der Waals surface area (Å²) in [5, 5.41) is 17.6. The highest BCUT2D eigenvalue weighted by atomic mass is 19.4. The summed E-state index contributed by atoms with van der Waals surface area (Å²) in [5.74, 6) is -4.58. The van der Waals surface area contributed by atoms with Crippen LogP contribution < -0.4 is 10.5 Å². The molecule has 0 aliphatic heterocycles. The Labute approximate surface area is 97.4 Å². The summed E-state index contributed by atoms with van der Waals surface area (Å²) in [6, 6.07) is 1.38. The van der Waals surface area contributed by atoms with E-state index in [1.807, 2.05) is 0 Å². The van der Waals surface area contributed by atoms with Crippen LogP contribution in [0.2, 0.25) is 0 Å². The van der Waals surface area contributed by atoms with Crippen LogP contribution in [0.25, 0.3) is 0 Å². The Hall–Kier alpha value is -2.03. The Kier molecular flexibility index (Phi) is 3.65. The van der Waals surface area contributed by atoms with Crippen molar-refractivity contribution in [2.75, 3.05) is 5.73 Å². The zero-order valence-corrected chi connectivity index (χ0v) is 8.53. The maximum Gasteiger partial charge on any atom is 0.573 e. The molecule has 0 amide bonds. The molecule has 0 spiro atoms. The Balaban J connectivity index is 3.34. The minimum Gasteiger partial charge on any atom is -0.479 e. The van der Waals surface area contributed by atoms with Crippen LogP contribution in [-0.2, 0) is 4.79 Å². The predicted molar refractivity (Wildman–Crippen MR) is 50.1 cm³/mol. The molecule has 0 aromatic heterocycles. The van der Waals surface area contributed by atoms with Gasteiger partial charge in [0.05, 0.1) is 11.3 Å². The number of ether oxygens (including phenoxy) is 1. The van der Waals surface area contributed by atoms with Crippen molar-refractivity contribution in [3.8, 4) is 5.75 Å². The van der Waals surface area contributed by atoms with Crippen molar-refractivity contribution < 1.29 is 37.3 Å². The summed E-state index contributed by atoms with van der Waals surface area (Å²) in [7, 11) is 0. The molecule has 0 aliphatic rings. The van der Waals surface area contributed by atoms with Crippen LogP contribution in [-0.4, -0.2) is 22.5 Å². The average Bonchev–Trinajstić information content (AvgIpc) is 2.21. The van der Waals surface area contributed by atoms with Crippen LogP contribution in [0.15, 0.2) is 12.1 Å². The normalized spacial score (nSPS) is 13.2. The molecule has 0 bridgehead atoms. The lowest BCUT2D eigenvalue weighted by Crippen LogP contribution is -2.21. The topological polar surface area (TPSA) is 92.8 Å². The van der Waals surface area contributed by atoms with Gasteiger partial charge in [-0.05, 0) is 12.1 Å². The molecule has 1 aromatic rings. The number of aliphatic carboxylic acids is 1. The summed E-state index contributed by atoms with van der Waals surface area (Å²) in [5.41, 5.74) is 3.28. The van der Waals surface area contributed by atoms with E-state index in [0.29, 0.717) is 6.07 Å². The van der Waals surface area contributed by atoms with Gasteiger partial charge in [-0.1, -0.05) is 0 Å². The van der Waals surface area contributed by atoms with Crippen molar-refractivity contribution in [2.24, 2.45) is 0 Å². The lowest BCUT2D eigenvalue weighted by Gasteiger charge is -2.16. The van der Waals surface area contributed by atoms with Gasteiger partial charge in [0.15, 0.2) is 11.9 Å². The van der Waals surface area contributed by atoms with Crippen molar-refractivity contribution in [3.63, 3.8) is 0 Å². The van der Waals surface area contributed by atoms with Gasteiger partial charge in [-0.2, -0.15) is 0 Å². The van der Waals surface area contributed by atoms with Gasteiger partial charge in [0.25, 0.3) is 0 Å². The van der Waals surface area contributed by atoms with E-state index >= 15 is 0 Å². The first kappa shape index (κ1) is 14.0. The summed E-state index contributed by atoms with van der Waals surface area (Å²) in [6.07, 6.45) is -7.68. The second-order valence-corrected chi connectivity index (χ2v) is 3.17. The number of aliphatic hydroxyl groups excluding tert-OH is 1. The number of carboxylic acid groups (broad SMARTS) is 1. The molecule has 1 aromatic carbocycles. The van der Waals surface area contributed by atoms with Crippen LogP contribution in [0, 0.1) is 5.82 Å². The monoisotopic (exact) mass is 269 g/mol. The Morgan fingerprint density at radius 2 is 1.94 bits per heavy atom. The van der Waals surface area contributed by atoms with Gasteiger partial charge in [-0.3, -0.25) is 0 Å². The van der Waals surface area contributed by atoms with Crippen molar-refractivity contribution in [1.29, 1.82) is 0 Å². The first-order valence-electron chi connectivity index (χ1n) is 4.38. The van der Waals surface area contributed by atoms with Gasteiger partial charge < -0.3 is 20.7 Å². The summed E-state index contributed by atoms with van der Waals surface area (Å²) < 4.78 is 52.9. The number of nitrogen functional groups attached to an aromatic ring is 1. The number of anilines is 1. The van der Waals surface area contributed by atoms with Crippen molar-refractivity contribution in [3.05, 3.63) is 23.5 Å². The second-order valence-electron chi connectivity index (χ2n) is 3.17. The SMILES string of the molecule is Nc1ccc(OC(F)(F)F)c(C(O)C(=O)O)c1F. The molecule has 0 saturated heterocycles. The van der Waals surface area contributed by atoms with Crippen LogP contribution in [0.5, 0.6) is 5.75 Å². The molecule has 0 aliphatic carbocycles. The molecular weight excluding hydrogens is 262 g/mol. The highest BCUT2D eigenvalue weighted by Gasteiger charge is 2.35. The third kappa shape index (κ3) is 3.00. The van der Waals surface area contributed by atoms with E-state index in [4.69, 9.17) is 15.9 Å². The fourth-order valence-corrected chi connectivity index (χ4v) is 1.18. The summed E-state index contributed by atoms with van der Waals surface area (Å²) in [6.45, 7) is 0. The highest BCUT2D eigenvalue weighted by molar-refractivity contribution is 5.76. The quantitative estimate of drug-likeness (QED) is 0.570. The van der Waals surface area contributed by atoms with Crippen molar-refractivity contribution in [1.82, 2.24) is 0 Å². The number of benzene rings is 1. The fourth-order valence-electron chi connectivity index (χ4n) is 1.18. The molecule has 1 unspecified atom stereocenters. The van der Waals surface area contributed by atoms with E-state index in [2.05, 4.69) is 4.74 Å². The zero-order chi connectivity index (χ0) is 14.1. The largest absolute Gasteiger partial charge is 0.573 e. The number of hydrogen-bond donors (Lipinski definition) is 3. The molecule has 100 valence electrons. The third-order valence-electron chi connectivity index (χ3n) is 1.90. The molecule has 0 radical (unpaired) electrons.